The van der Waals surface area contributed by atoms with Gasteiger partial charge in [-0.05, 0) is 130 Å². The van der Waals surface area contributed by atoms with Gasteiger partial charge in [-0.1, -0.05) is 0 Å². The topological polar surface area (TPSA) is 107 Å². The van der Waals surface area contributed by atoms with E-state index in [1.54, 1.807) is 0 Å². The van der Waals surface area contributed by atoms with Crippen LogP contribution in [0.1, 0.15) is 38.5 Å². The Morgan fingerprint density at radius 3 is 2.00 bits per heavy atom. The van der Waals surface area contributed by atoms with Crippen molar-refractivity contribution < 1.29 is 40.8 Å². The summed E-state index contributed by atoms with van der Waals surface area (Å²) in [5.41, 5.74) is -2.07. The van der Waals surface area contributed by atoms with Crippen LogP contribution in [0.2, 0.25) is 0 Å². The molecule has 0 amide bonds. The van der Waals surface area contributed by atoms with Crippen LogP contribution >= 0.6 is 67.8 Å². The van der Waals surface area contributed by atoms with Crippen molar-refractivity contribution in [2.75, 3.05) is 6.61 Å². The molecule has 4 aliphatic carbocycles. The van der Waals surface area contributed by atoms with Crippen LogP contribution in [-0.2, 0) is 24.4 Å². The van der Waals surface area contributed by atoms with Gasteiger partial charge in [-0.15, -0.1) is 0 Å². The van der Waals surface area contributed by atoms with E-state index in [1.807, 2.05) is 12.1 Å². The van der Waals surface area contributed by atoms with Crippen molar-refractivity contribution in [2.24, 2.45) is 22.7 Å². The lowest BCUT2D eigenvalue weighted by molar-refractivity contribution is -0.192. The minimum Gasteiger partial charge on any atom is -0.458 e. The quantitative estimate of drug-likeness (QED) is 0.186. The molecular weight excluding hydrogens is 803 g/mol. The normalized spacial score (nSPS) is 30.8. The summed E-state index contributed by atoms with van der Waals surface area (Å²) in [4.78, 5) is 26.4. The third-order valence-corrected chi connectivity index (χ3v) is 9.93. The first-order valence-electron chi connectivity index (χ1n) is 10.1. The lowest BCUT2D eigenvalue weighted by atomic mass is 9.44. The predicted molar refractivity (Wildman–Crippen MR) is 137 cm³/mol. The summed E-state index contributed by atoms with van der Waals surface area (Å²) >= 11 is 6.37. The van der Waals surface area contributed by atoms with Gasteiger partial charge in [-0.3, -0.25) is 14.1 Å². The molecule has 2 atom stereocenters. The molecule has 0 saturated heterocycles. The number of carbonyl (C=O) groups is 2. The van der Waals surface area contributed by atoms with Gasteiger partial charge >= 0.3 is 27.3 Å². The molecule has 1 aromatic carbocycles. The van der Waals surface area contributed by atoms with Crippen LogP contribution in [-0.4, -0.2) is 36.8 Å². The number of benzene rings is 1. The van der Waals surface area contributed by atoms with Gasteiger partial charge in [0.1, 0.15) is 0 Å². The molecule has 4 saturated carbocycles. The third-order valence-electron chi connectivity index (χ3n) is 6.83. The molecule has 0 radical (unpaired) electrons. The van der Waals surface area contributed by atoms with E-state index in [4.69, 9.17) is 14.0 Å². The molecule has 33 heavy (non-hydrogen) atoms. The van der Waals surface area contributed by atoms with Crippen LogP contribution in [0, 0.1) is 33.4 Å². The Morgan fingerprint density at radius 2 is 1.52 bits per heavy atom. The third kappa shape index (κ3) is 4.90. The van der Waals surface area contributed by atoms with Crippen molar-refractivity contribution in [1.82, 2.24) is 0 Å². The Kier molecular flexibility index (Phi) is 7.06. The molecule has 182 valence electrons. The molecule has 1 aromatic rings. The largest absolute Gasteiger partial charge is 0.458 e. The molecule has 1 N–H and O–H groups in total. The Hall–Kier alpha value is 0.120. The Bertz CT molecular complexity index is 1090. The van der Waals surface area contributed by atoms with E-state index >= 15 is 0 Å². The second-order valence-corrected chi connectivity index (χ2v) is 14.4. The van der Waals surface area contributed by atoms with Crippen molar-refractivity contribution in [3.63, 3.8) is 0 Å². The number of hydrogen-bond donors (Lipinski definition) is 1. The van der Waals surface area contributed by atoms with Gasteiger partial charge in [-0.2, -0.15) is 17.2 Å². The van der Waals surface area contributed by atoms with E-state index in [-0.39, 0.29) is 18.3 Å². The fourth-order valence-corrected chi connectivity index (χ4v) is 9.96. The zero-order valence-electron chi connectivity index (χ0n) is 17.0. The summed E-state index contributed by atoms with van der Waals surface area (Å²) in [6.07, 6.45) is 2.84. The zero-order valence-corrected chi connectivity index (χ0v) is 24.2. The molecule has 0 heterocycles. The van der Waals surface area contributed by atoms with E-state index < -0.39 is 44.7 Å². The molecule has 4 fully saturated rings. The lowest BCUT2D eigenvalue weighted by Crippen LogP contribution is -2.59. The summed E-state index contributed by atoms with van der Waals surface area (Å²) in [5.74, 6) is -0.835. The summed E-state index contributed by atoms with van der Waals surface area (Å²) in [6, 6.07) is 3.78. The first-order valence-corrected chi connectivity index (χ1v) is 14.7. The highest BCUT2D eigenvalue weighted by atomic mass is 127. The number of ether oxygens (including phenoxy) is 2. The number of alkyl halides is 2. The Balaban J connectivity index is 1.57. The standard InChI is InChI=1S/C20H19F2I3O7S/c21-20(22,33(28,29)30)9-31-16(26)18-4-10-1-11(5-18)7-19(6-10,8-18)17(27)32-15-13(24)2-12(23)3-14(15)25/h2-3,10-11H,1,4-9H2,(H,28,29,30). The van der Waals surface area contributed by atoms with Crippen molar-refractivity contribution in [2.45, 2.75) is 43.8 Å². The minimum atomic E-state index is -5.71. The summed E-state index contributed by atoms with van der Waals surface area (Å²) in [7, 11) is -5.71. The van der Waals surface area contributed by atoms with Crippen LogP contribution in [0.25, 0.3) is 0 Å². The summed E-state index contributed by atoms with van der Waals surface area (Å²) in [5, 5.41) is -4.60. The fraction of sp³-hybridized carbons (Fsp3) is 0.600. The van der Waals surface area contributed by atoms with Crippen molar-refractivity contribution in [3.8, 4) is 5.75 Å². The fourth-order valence-electron chi connectivity index (χ4n) is 5.94. The number of halogens is 5. The number of carbonyl (C=O) groups excluding carboxylic acids is 2. The van der Waals surface area contributed by atoms with Crippen molar-refractivity contribution >= 4 is 89.8 Å². The first kappa shape index (κ1) is 26.2. The zero-order chi connectivity index (χ0) is 24.4. The predicted octanol–water partition coefficient (Wildman–Crippen LogP) is 5.02. The van der Waals surface area contributed by atoms with Crippen molar-refractivity contribution in [1.29, 1.82) is 0 Å². The lowest BCUT2D eigenvalue weighted by Gasteiger charge is -2.59. The highest BCUT2D eigenvalue weighted by molar-refractivity contribution is 14.1. The van der Waals surface area contributed by atoms with Crippen LogP contribution in [0.3, 0.4) is 0 Å². The highest BCUT2D eigenvalue weighted by Gasteiger charge is 2.65. The molecule has 7 nitrogen and oxygen atoms in total. The SMILES string of the molecule is O=C(OCC(F)(F)S(=O)(=O)O)C12CC3CC(C1)CC(C(=O)Oc1c(I)cc(I)cc1I)(C3)C2. The van der Waals surface area contributed by atoms with Crippen LogP contribution in [0.5, 0.6) is 5.75 Å². The van der Waals surface area contributed by atoms with Crippen LogP contribution in [0.15, 0.2) is 12.1 Å². The van der Waals surface area contributed by atoms with Gasteiger partial charge in [-0.25, -0.2) is 0 Å². The van der Waals surface area contributed by atoms with Gasteiger partial charge in [0, 0.05) is 3.57 Å². The highest BCUT2D eigenvalue weighted by Crippen LogP contribution is 2.66. The van der Waals surface area contributed by atoms with Crippen molar-refractivity contribution in [3.05, 3.63) is 22.8 Å². The smallest absolute Gasteiger partial charge is 0.402 e. The molecule has 2 unspecified atom stereocenters. The average molecular weight is 822 g/mol. The Morgan fingerprint density at radius 1 is 1.03 bits per heavy atom. The first-order chi connectivity index (χ1) is 15.2. The molecule has 13 heteroatoms. The average Bonchev–Trinajstić information content (AvgIpc) is 2.66. The second-order valence-electron chi connectivity index (χ2n) is 9.30. The van der Waals surface area contributed by atoms with Gasteiger partial charge in [0.05, 0.1) is 18.0 Å². The van der Waals surface area contributed by atoms with E-state index in [2.05, 4.69) is 67.8 Å². The maximum Gasteiger partial charge on any atom is 0.402 e. The van der Waals surface area contributed by atoms with E-state index in [0.29, 0.717) is 31.4 Å². The molecule has 4 aliphatic rings. The number of hydrogen-bond acceptors (Lipinski definition) is 6. The maximum atomic E-state index is 13.6. The summed E-state index contributed by atoms with van der Waals surface area (Å²) < 4.78 is 70.8. The van der Waals surface area contributed by atoms with Crippen LogP contribution in [0.4, 0.5) is 8.78 Å². The summed E-state index contributed by atoms with van der Waals surface area (Å²) in [6.45, 7) is -1.77. The Labute approximate surface area is 230 Å². The number of esters is 2. The minimum absolute atomic E-state index is 0.0447. The van der Waals surface area contributed by atoms with Gasteiger partial charge in [0.25, 0.3) is 0 Å². The van der Waals surface area contributed by atoms with Crippen LogP contribution < -0.4 is 4.74 Å². The molecule has 5 rings (SSSR count). The van der Waals surface area contributed by atoms with E-state index in [0.717, 1.165) is 17.1 Å². The van der Waals surface area contributed by atoms with Gasteiger partial charge in [0.15, 0.2) is 12.4 Å². The molecular formula is C20H19F2I3O7S. The van der Waals surface area contributed by atoms with Gasteiger partial charge < -0.3 is 9.47 Å². The molecule has 4 bridgehead atoms. The number of rotatable bonds is 6. The van der Waals surface area contributed by atoms with Gasteiger partial charge in [0.2, 0.25) is 0 Å². The molecule has 0 aromatic heterocycles. The van der Waals surface area contributed by atoms with E-state index in [1.165, 1.54) is 0 Å². The molecule has 0 aliphatic heterocycles. The molecule has 0 spiro atoms. The van der Waals surface area contributed by atoms with E-state index in [9.17, 15) is 26.8 Å². The second kappa shape index (κ2) is 8.90. The maximum absolute atomic E-state index is 13.6. The monoisotopic (exact) mass is 822 g/mol.